The Morgan fingerprint density at radius 1 is 1.28 bits per heavy atom. The van der Waals surface area contributed by atoms with Gasteiger partial charge in [0.2, 0.25) is 11.8 Å². The lowest BCUT2D eigenvalue weighted by molar-refractivity contribution is -0.137. The summed E-state index contributed by atoms with van der Waals surface area (Å²) in [4.78, 5) is 23.8. The minimum atomic E-state index is -0.772. The van der Waals surface area contributed by atoms with Crippen molar-refractivity contribution in [2.75, 3.05) is 13.6 Å². The molecule has 1 aliphatic heterocycles. The van der Waals surface area contributed by atoms with Gasteiger partial charge in [0, 0.05) is 19.1 Å². The predicted octanol–water partition coefficient (Wildman–Crippen LogP) is 0.191. The van der Waals surface area contributed by atoms with Gasteiger partial charge in [-0.05, 0) is 39.2 Å². The summed E-state index contributed by atoms with van der Waals surface area (Å²) in [6.07, 6.45) is 3.41. The number of rotatable bonds is 3. The molecule has 2 atom stereocenters. The second kappa shape index (κ2) is 5.89. The Morgan fingerprint density at radius 3 is 2.44 bits per heavy atom. The monoisotopic (exact) mass is 275 g/mol. The number of halogens is 1. The molecule has 0 aromatic carbocycles. The van der Waals surface area contributed by atoms with Crippen LogP contribution in [-0.4, -0.2) is 37.5 Å². The molecule has 0 aromatic heterocycles. The molecule has 0 aromatic rings. The van der Waals surface area contributed by atoms with Gasteiger partial charge in [0.1, 0.15) is 5.41 Å². The molecule has 2 unspecified atom stereocenters. The number of carbonyl (C=O) groups is 2. The molecule has 2 amide bonds. The standard InChI is InChI=1S/C12H21N3O2.ClH/c1-8-9(4-3-7-14-8)15-11(17)12(5-6-12)10(16)13-2;/h8-9,14H,3-7H2,1-2H3,(H,13,16)(H,15,17);1H. The van der Waals surface area contributed by atoms with E-state index in [9.17, 15) is 9.59 Å². The summed E-state index contributed by atoms with van der Waals surface area (Å²) in [5.41, 5.74) is -0.772. The summed E-state index contributed by atoms with van der Waals surface area (Å²) in [7, 11) is 1.58. The van der Waals surface area contributed by atoms with Crippen LogP contribution in [0.5, 0.6) is 0 Å². The van der Waals surface area contributed by atoms with Gasteiger partial charge in [-0.15, -0.1) is 12.4 Å². The van der Waals surface area contributed by atoms with Crippen LogP contribution in [0.4, 0.5) is 0 Å². The van der Waals surface area contributed by atoms with E-state index in [0.717, 1.165) is 19.4 Å². The van der Waals surface area contributed by atoms with Crippen molar-refractivity contribution < 1.29 is 9.59 Å². The van der Waals surface area contributed by atoms with Crippen molar-refractivity contribution in [1.29, 1.82) is 0 Å². The van der Waals surface area contributed by atoms with E-state index in [-0.39, 0.29) is 36.3 Å². The fraction of sp³-hybridized carbons (Fsp3) is 0.833. The fourth-order valence-corrected chi connectivity index (χ4v) is 2.47. The van der Waals surface area contributed by atoms with Crippen LogP contribution in [0, 0.1) is 5.41 Å². The van der Waals surface area contributed by atoms with Crippen molar-refractivity contribution in [1.82, 2.24) is 16.0 Å². The topological polar surface area (TPSA) is 70.2 Å². The van der Waals surface area contributed by atoms with Gasteiger partial charge >= 0.3 is 0 Å². The highest BCUT2D eigenvalue weighted by molar-refractivity contribution is 6.07. The first-order valence-corrected chi connectivity index (χ1v) is 6.37. The zero-order chi connectivity index (χ0) is 12.5. The summed E-state index contributed by atoms with van der Waals surface area (Å²) in [5, 5.41) is 8.94. The molecule has 6 heteroatoms. The quantitative estimate of drug-likeness (QED) is 0.644. The van der Waals surface area contributed by atoms with Crippen molar-refractivity contribution in [3.63, 3.8) is 0 Å². The number of nitrogens with one attached hydrogen (secondary N) is 3. The van der Waals surface area contributed by atoms with Gasteiger partial charge in [-0.25, -0.2) is 0 Å². The molecular formula is C12H22ClN3O2. The minimum absolute atomic E-state index is 0. The van der Waals surface area contributed by atoms with Crippen LogP contribution in [0.3, 0.4) is 0 Å². The summed E-state index contributed by atoms with van der Waals surface area (Å²) in [6, 6.07) is 0.437. The molecule has 104 valence electrons. The SMILES string of the molecule is CNC(=O)C1(C(=O)NC2CCCNC2C)CC1.Cl. The molecule has 1 saturated carbocycles. The highest BCUT2D eigenvalue weighted by Gasteiger charge is 2.56. The third kappa shape index (κ3) is 2.78. The molecule has 5 nitrogen and oxygen atoms in total. The lowest BCUT2D eigenvalue weighted by atomic mass is 9.97. The van der Waals surface area contributed by atoms with Crippen LogP contribution in [-0.2, 0) is 9.59 Å². The lowest BCUT2D eigenvalue weighted by Crippen LogP contribution is -2.55. The minimum Gasteiger partial charge on any atom is -0.358 e. The van der Waals surface area contributed by atoms with Crippen molar-refractivity contribution >= 4 is 24.2 Å². The number of hydrogen-bond donors (Lipinski definition) is 3. The lowest BCUT2D eigenvalue weighted by Gasteiger charge is -2.31. The van der Waals surface area contributed by atoms with Crippen molar-refractivity contribution in [3.05, 3.63) is 0 Å². The maximum Gasteiger partial charge on any atom is 0.235 e. The van der Waals surface area contributed by atoms with E-state index >= 15 is 0 Å². The fourth-order valence-electron chi connectivity index (χ4n) is 2.47. The van der Waals surface area contributed by atoms with Crippen LogP contribution in [0.2, 0.25) is 0 Å². The first-order valence-electron chi connectivity index (χ1n) is 6.37. The Morgan fingerprint density at radius 2 is 1.94 bits per heavy atom. The molecular weight excluding hydrogens is 254 g/mol. The van der Waals surface area contributed by atoms with Gasteiger partial charge in [-0.1, -0.05) is 0 Å². The molecule has 0 bridgehead atoms. The van der Waals surface area contributed by atoms with E-state index in [4.69, 9.17) is 0 Å². The van der Waals surface area contributed by atoms with Crippen LogP contribution >= 0.6 is 12.4 Å². The Labute approximate surface area is 114 Å². The average molecular weight is 276 g/mol. The van der Waals surface area contributed by atoms with Gasteiger partial charge in [0.25, 0.3) is 0 Å². The third-order valence-electron chi connectivity index (χ3n) is 3.92. The molecule has 1 aliphatic carbocycles. The normalized spacial score (nSPS) is 28.8. The smallest absolute Gasteiger partial charge is 0.235 e. The summed E-state index contributed by atoms with van der Waals surface area (Å²) < 4.78 is 0. The van der Waals surface area contributed by atoms with Gasteiger partial charge < -0.3 is 16.0 Å². The van der Waals surface area contributed by atoms with Crippen molar-refractivity contribution in [3.8, 4) is 0 Å². The zero-order valence-corrected chi connectivity index (χ0v) is 11.7. The third-order valence-corrected chi connectivity index (χ3v) is 3.92. The molecule has 2 aliphatic rings. The predicted molar refractivity (Wildman–Crippen MR) is 71.6 cm³/mol. The first kappa shape index (κ1) is 15.2. The van der Waals surface area contributed by atoms with Crippen molar-refractivity contribution in [2.24, 2.45) is 5.41 Å². The van der Waals surface area contributed by atoms with Gasteiger partial charge in [-0.3, -0.25) is 9.59 Å². The second-order valence-electron chi connectivity index (χ2n) is 5.13. The first-order chi connectivity index (χ1) is 8.10. The van der Waals surface area contributed by atoms with Gasteiger partial charge in [0.15, 0.2) is 0 Å². The van der Waals surface area contributed by atoms with E-state index in [1.54, 1.807) is 7.05 Å². The maximum absolute atomic E-state index is 12.1. The van der Waals surface area contributed by atoms with Crippen LogP contribution < -0.4 is 16.0 Å². The van der Waals surface area contributed by atoms with Crippen LogP contribution in [0.25, 0.3) is 0 Å². The molecule has 3 N–H and O–H groups in total. The number of hydrogen-bond acceptors (Lipinski definition) is 3. The van der Waals surface area contributed by atoms with Crippen LogP contribution in [0.15, 0.2) is 0 Å². The van der Waals surface area contributed by atoms with E-state index in [2.05, 4.69) is 22.9 Å². The number of piperidine rings is 1. The second-order valence-corrected chi connectivity index (χ2v) is 5.13. The summed E-state index contributed by atoms with van der Waals surface area (Å²) in [6.45, 7) is 3.08. The van der Waals surface area contributed by atoms with E-state index in [0.29, 0.717) is 12.8 Å². The van der Waals surface area contributed by atoms with Crippen molar-refractivity contribution in [2.45, 2.75) is 44.7 Å². The molecule has 2 rings (SSSR count). The Bertz CT molecular complexity index is 331. The molecule has 0 spiro atoms. The van der Waals surface area contributed by atoms with E-state index in [1.807, 2.05) is 0 Å². The highest BCUT2D eigenvalue weighted by Crippen LogP contribution is 2.46. The molecule has 2 fully saturated rings. The average Bonchev–Trinajstić information content (AvgIpc) is 3.12. The maximum atomic E-state index is 12.1. The van der Waals surface area contributed by atoms with E-state index in [1.165, 1.54) is 0 Å². The molecule has 18 heavy (non-hydrogen) atoms. The highest BCUT2D eigenvalue weighted by atomic mass is 35.5. The number of carbonyl (C=O) groups excluding carboxylic acids is 2. The largest absolute Gasteiger partial charge is 0.358 e. The van der Waals surface area contributed by atoms with Gasteiger partial charge in [0.05, 0.1) is 0 Å². The molecule has 0 radical (unpaired) electrons. The molecule has 1 heterocycles. The van der Waals surface area contributed by atoms with Gasteiger partial charge in [-0.2, -0.15) is 0 Å². The van der Waals surface area contributed by atoms with E-state index < -0.39 is 5.41 Å². The molecule has 1 saturated heterocycles. The van der Waals surface area contributed by atoms with Crippen LogP contribution in [0.1, 0.15) is 32.6 Å². The number of amides is 2. The Hall–Kier alpha value is -0.810. The zero-order valence-electron chi connectivity index (χ0n) is 10.9. The summed E-state index contributed by atoms with van der Waals surface area (Å²) >= 11 is 0. The Kier molecular flexibility index (Phi) is 4.99. The Balaban J connectivity index is 0.00000162. The summed E-state index contributed by atoms with van der Waals surface area (Å²) in [5.74, 6) is -0.246.